The van der Waals surface area contributed by atoms with Crippen LogP contribution in [0.15, 0.2) is 48.5 Å². The molecule has 18 heavy (non-hydrogen) atoms. The molecule has 0 radical (unpaired) electrons. The summed E-state index contributed by atoms with van der Waals surface area (Å²) in [7, 11) is 0. The maximum Gasteiger partial charge on any atom is 0.0800 e. The van der Waals surface area contributed by atoms with Crippen LogP contribution in [0.4, 0.5) is 0 Å². The molecular weight excluding hydrogens is 244 g/mol. The van der Waals surface area contributed by atoms with Gasteiger partial charge in [0.25, 0.3) is 0 Å². The van der Waals surface area contributed by atoms with Gasteiger partial charge in [-0.2, -0.15) is 0 Å². The van der Waals surface area contributed by atoms with E-state index in [0.29, 0.717) is 6.61 Å². The summed E-state index contributed by atoms with van der Waals surface area (Å²) in [5.41, 5.74) is 3.70. The summed E-state index contributed by atoms with van der Waals surface area (Å²) in [6.07, 6.45) is 0.124. The molecule has 2 unspecified atom stereocenters. The monoisotopic (exact) mass is 258 g/mol. The average Bonchev–Trinajstić information content (AvgIpc) is 2.41. The molecule has 0 saturated carbocycles. The summed E-state index contributed by atoms with van der Waals surface area (Å²) < 4.78 is 5.87. The molecule has 0 amide bonds. The molecule has 0 aliphatic carbocycles. The quantitative estimate of drug-likeness (QED) is 0.728. The maximum atomic E-state index is 6.40. The highest BCUT2D eigenvalue weighted by atomic mass is 35.5. The van der Waals surface area contributed by atoms with Gasteiger partial charge in [0.05, 0.1) is 12.7 Å². The first-order valence-corrected chi connectivity index (χ1v) is 6.60. The molecule has 0 saturated heterocycles. The number of hydrogen-bond donors (Lipinski definition) is 0. The molecule has 3 rings (SSSR count). The largest absolute Gasteiger partial charge is 0.373 e. The van der Waals surface area contributed by atoms with E-state index >= 15 is 0 Å². The third-order valence-corrected chi connectivity index (χ3v) is 3.92. The molecule has 2 aromatic rings. The Morgan fingerprint density at radius 3 is 2.61 bits per heavy atom. The number of hydrogen-bond acceptors (Lipinski definition) is 1. The second kappa shape index (κ2) is 4.75. The van der Waals surface area contributed by atoms with E-state index in [9.17, 15) is 0 Å². The Morgan fingerprint density at radius 2 is 1.83 bits per heavy atom. The Labute approximate surface area is 112 Å². The number of halogens is 1. The summed E-state index contributed by atoms with van der Waals surface area (Å²) in [5.74, 6) is 0.242. The zero-order valence-corrected chi connectivity index (χ0v) is 11.0. The fraction of sp³-hybridized carbons (Fsp3) is 0.250. The second-order valence-electron chi connectivity index (χ2n) is 4.68. The third-order valence-electron chi connectivity index (χ3n) is 3.59. The van der Waals surface area contributed by atoms with Crippen molar-refractivity contribution in [2.24, 2.45) is 0 Å². The average molecular weight is 259 g/mol. The molecule has 0 aromatic heterocycles. The smallest absolute Gasteiger partial charge is 0.0800 e. The summed E-state index contributed by atoms with van der Waals surface area (Å²) in [6.45, 7) is 2.78. The lowest BCUT2D eigenvalue weighted by molar-refractivity contribution is 0.0464. The molecule has 0 N–H and O–H groups in total. The molecule has 0 bridgehead atoms. The molecule has 2 heteroatoms. The van der Waals surface area contributed by atoms with E-state index in [1.165, 1.54) is 16.7 Å². The van der Waals surface area contributed by atoms with E-state index in [2.05, 4.69) is 37.3 Å². The Kier molecular flexibility index (Phi) is 3.11. The Morgan fingerprint density at radius 1 is 1.06 bits per heavy atom. The van der Waals surface area contributed by atoms with Crippen LogP contribution in [0.2, 0.25) is 5.02 Å². The Hall–Kier alpha value is -1.31. The minimum Gasteiger partial charge on any atom is -0.373 e. The summed E-state index contributed by atoms with van der Waals surface area (Å²) in [5, 5.41) is 0.844. The molecule has 0 spiro atoms. The predicted molar refractivity (Wildman–Crippen MR) is 74.1 cm³/mol. The lowest BCUT2D eigenvalue weighted by atomic mass is 9.85. The minimum absolute atomic E-state index is 0.124. The van der Waals surface area contributed by atoms with Crippen molar-refractivity contribution in [1.82, 2.24) is 0 Å². The minimum atomic E-state index is 0.124. The number of rotatable bonds is 1. The fourth-order valence-electron chi connectivity index (χ4n) is 2.64. The van der Waals surface area contributed by atoms with E-state index in [4.69, 9.17) is 16.3 Å². The van der Waals surface area contributed by atoms with E-state index < -0.39 is 0 Å². The molecule has 1 heterocycles. The molecule has 92 valence electrons. The topological polar surface area (TPSA) is 9.23 Å². The van der Waals surface area contributed by atoms with E-state index in [0.717, 1.165) is 5.02 Å². The van der Waals surface area contributed by atoms with Crippen molar-refractivity contribution in [1.29, 1.82) is 0 Å². The SMILES string of the molecule is CC1OCC(c2ccccc2)c2c(Cl)cccc21. The van der Waals surface area contributed by atoms with Crippen LogP contribution in [0.1, 0.15) is 35.6 Å². The van der Waals surface area contributed by atoms with Gasteiger partial charge in [-0.25, -0.2) is 0 Å². The molecule has 2 aromatic carbocycles. The summed E-state index contributed by atoms with van der Waals surface area (Å²) >= 11 is 6.40. The zero-order chi connectivity index (χ0) is 12.5. The van der Waals surface area contributed by atoms with Crippen LogP contribution in [0, 0.1) is 0 Å². The van der Waals surface area contributed by atoms with Crippen LogP contribution < -0.4 is 0 Å². The van der Waals surface area contributed by atoms with Gasteiger partial charge in [-0.05, 0) is 29.7 Å². The van der Waals surface area contributed by atoms with Crippen LogP contribution in [-0.4, -0.2) is 6.61 Å². The molecule has 1 nitrogen and oxygen atoms in total. The van der Waals surface area contributed by atoms with Crippen molar-refractivity contribution >= 4 is 11.6 Å². The van der Waals surface area contributed by atoms with Gasteiger partial charge in [0.2, 0.25) is 0 Å². The van der Waals surface area contributed by atoms with Crippen LogP contribution in [-0.2, 0) is 4.74 Å². The standard InChI is InChI=1S/C16H15ClO/c1-11-13-8-5-9-15(17)16(13)14(10-18-11)12-6-3-2-4-7-12/h2-9,11,14H,10H2,1H3. The molecular formula is C16H15ClO. The van der Waals surface area contributed by atoms with Gasteiger partial charge < -0.3 is 4.74 Å². The lowest BCUT2D eigenvalue weighted by Gasteiger charge is -2.31. The van der Waals surface area contributed by atoms with Crippen LogP contribution in [0.5, 0.6) is 0 Å². The van der Waals surface area contributed by atoms with Crippen molar-refractivity contribution < 1.29 is 4.74 Å². The Bertz CT molecular complexity index is 550. The van der Waals surface area contributed by atoms with Crippen molar-refractivity contribution in [2.45, 2.75) is 18.9 Å². The molecule has 1 aliphatic rings. The number of ether oxygens (including phenoxy) is 1. The Balaban J connectivity index is 2.13. The van der Waals surface area contributed by atoms with Crippen LogP contribution >= 0.6 is 11.6 Å². The zero-order valence-electron chi connectivity index (χ0n) is 10.3. The van der Waals surface area contributed by atoms with Gasteiger partial charge in [-0.1, -0.05) is 54.1 Å². The van der Waals surface area contributed by atoms with E-state index in [1.54, 1.807) is 0 Å². The lowest BCUT2D eigenvalue weighted by Crippen LogP contribution is -2.20. The van der Waals surface area contributed by atoms with Gasteiger partial charge in [0, 0.05) is 10.9 Å². The predicted octanol–water partition coefficient (Wildman–Crippen LogP) is 4.56. The van der Waals surface area contributed by atoms with Gasteiger partial charge in [-0.3, -0.25) is 0 Å². The van der Waals surface area contributed by atoms with Crippen LogP contribution in [0.3, 0.4) is 0 Å². The highest BCUT2D eigenvalue weighted by Crippen LogP contribution is 2.40. The first-order valence-electron chi connectivity index (χ1n) is 6.22. The van der Waals surface area contributed by atoms with E-state index in [-0.39, 0.29) is 12.0 Å². The van der Waals surface area contributed by atoms with Crippen LogP contribution in [0.25, 0.3) is 0 Å². The third kappa shape index (κ3) is 1.94. The van der Waals surface area contributed by atoms with Crippen molar-refractivity contribution in [3.63, 3.8) is 0 Å². The number of benzene rings is 2. The fourth-order valence-corrected chi connectivity index (χ4v) is 2.95. The van der Waals surface area contributed by atoms with Crippen molar-refractivity contribution in [3.8, 4) is 0 Å². The molecule has 0 fully saturated rings. The van der Waals surface area contributed by atoms with Gasteiger partial charge in [-0.15, -0.1) is 0 Å². The number of fused-ring (bicyclic) bond motifs is 1. The summed E-state index contributed by atoms with van der Waals surface area (Å²) in [4.78, 5) is 0. The van der Waals surface area contributed by atoms with Crippen molar-refractivity contribution in [3.05, 3.63) is 70.2 Å². The molecule has 1 aliphatic heterocycles. The molecule has 2 atom stereocenters. The highest BCUT2D eigenvalue weighted by molar-refractivity contribution is 6.31. The van der Waals surface area contributed by atoms with E-state index in [1.807, 2.05) is 18.2 Å². The second-order valence-corrected chi connectivity index (χ2v) is 5.09. The van der Waals surface area contributed by atoms with Gasteiger partial charge in [0.15, 0.2) is 0 Å². The van der Waals surface area contributed by atoms with Gasteiger partial charge >= 0.3 is 0 Å². The van der Waals surface area contributed by atoms with Gasteiger partial charge in [0.1, 0.15) is 0 Å². The maximum absolute atomic E-state index is 6.40. The normalized spacial score (nSPS) is 22.6. The first-order chi connectivity index (χ1) is 8.77. The first kappa shape index (κ1) is 11.8. The highest BCUT2D eigenvalue weighted by Gasteiger charge is 2.28. The summed E-state index contributed by atoms with van der Waals surface area (Å²) in [6, 6.07) is 16.5. The van der Waals surface area contributed by atoms with Crippen molar-refractivity contribution in [2.75, 3.05) is 6.61 Å².